The van der Waals surface area contributed by atoms with Gasteiger partial charge in [0.25, 0.3) is 0 Å². The summed E-state index contributed by atoms with van der Waals surface area (Å²) in [6, 6.07) is 0.406. The Balaban J connectivity index is 1.40. The van der Waals surface area contributed by atoms with Crippen molar-refractivity contribution in [2.45, 2.75) is 44.7 Å². The Bertz CT molecular complexity index is 496. The van der Waals surface area contributed by atoms with Crippen molar-refractivity contribution in [1.29, 1.82) is 0 Å². The first-order chi connectivity index (χ1) is 9.67. The van der Waals surface area contributed by atoms with Gasteiger partial charge in [-0.15, -0.1) is 0 Å². The maximum atomic E-state index is 12.2. The Kier molecular flexibility index (Phi) is 2.75. The van der Waals surface area contributed by atoms with E-state index < -0.39 is 0 Å². The highest BCUT2D eigenvalue weighted by Gasteiger charge is 2.48. The summed E-state index contributed by atoms with van der Waals surface area (Å²) in [5.41, 5.74) is 6.22. The number of hydrogen-bond acceptors (Lipinski definition) is 3. The Hall–Kier alpha value is -1.52. The highest BCUT2D eigenvalue weighted by Crippen LogP contribution is 2.53. The molecule has 0 unspecified atom stereocenters. The van der Waals surface area contributed by atoms with Crippen molar-refractivity contribution in [2.75, 3.05) is 5.73 Å². The number of nitrogens with one attached hydrogen (secondary N) is 1. The number of aromatic nitrogens is 2. The van der Waals surface area contributed by atoms with Crippen LogP contribution in [-0.2, 0) is 11.3 Å². The Labute approximate surface area is 118 Å². The van der Waals surface area contributed by atoms with Crippen molar-refractivity contribution in [1.82, 2.24) is 15.1 Å². The van der Waals surface area contributed by atoms with Gasteiger partial charge in [0.2, 0.25) is 5.91 Å². The van der Waals surface area contributed by atoms with E-state index in [0.29, 0.717) is 11.7 Å². The van der Waals surface area contributed by atoms with Gasteiger partial charge in [0.1, 0.15) is 6.54 Å². The molecule has 0 atom stereocenters. The number of amides is 1. The molecule has 0 aromatic carbocycles. The molecule has 0 radical (unpaired) electrons. The first kappa shape index (κ1) is 12.2. The molecule has 0 saturated heterocycles. The molecule has 4 fully saturated rings. The Morgan fingerprint density at radius 1 is 1.25 bits per heavy atom. The minimum atomic E-state index is 0.0746. The molecule has 5 heteroatoms. The lowest BCUT2D eigenvalue weighted by atomic mass is 9.54. The fourth-order valence-electron chi connectivity index (χ4n) is 5.01. The molecule has 4 saturated carbocycles. The smallest absolute Gasteiger partial charge is 0.241 e. The van der Waals surface area contributed by atoms with E-state index in [1.807, 2.05) is 0 Å². The second kappa shape index (κ2) is 4.50. The van der Waals surface area contributed by atoms with Crippen LogP contribution in [0.25, 0.3) is 0 Å². The van der Waals surface area contributed by atoms with Crippen LogP contribution in [0.3, 0.4) is 0 Å². The van der Waals surface area contributed by atoms with Crippen molar-refractivity contribution in [3.63, 3.8) is 0 Å². The summed E-state index contributed by atoms with van der Waals surface area (Å²) in [5.74, 6) is 3.40. The summed E-state index contributed by atoms with van der Waals surface area (Å²) in [5, 5.41) is 7.35. The first-order valence-electron chi connectivity index (χ1n) is 7.74. The van der Waals surface area contributed by atoms with Crippen molar-refractivity contribution in [2.24, 2.45) is 23.7 Å². The fourth-order valence-corrected chi connectivity index (χ4v) is 5.01. The van der Waals surface area contributed by atoms with Crippen molar-refractivity contribution in [3.05, 3.63) is 12.4 Å². The summed E-state index contributed by atoms with van der Waals surface area (Å²) in [6.45, 7) is 0.278. The predicted octanol–water partition coefficient (Wildman–Crippen LogP) is 1.41. The highest BCUT2D eigenvalue weighted by atomic mass is 16.2. The zero-order chi connectivity index (χ0) is 13.7. The topological polar surface area (TPSA) is 72.9 Å². The molecular formula is C15H22N4O. The van der Waals surface area contributed by atoms with E-state index in [4.69, 9.17) is 5.73 Å². The lowest BCUT2D eigenvalue weighted by molar-refractivity contribution is -0.125. The summed E-state index contributed by atoms with van der Waals surface area (Å²) >= 11 is 0. The van der Waals surface area contributed by atoms with Gasteiger partial charge in [-0.1, -0.05) is 0 Å². The maximum Gasteiger partial charge on any atom is 0.241 e. The van der Waals surface area contributed by atoms with Gasteiger partial charge in [0, 0.05) is 12.2 Å². The molecule has 5 nitrogen and oxygen atoms in total. The average molecular weight is 274 g/mol. The van der Waals surface area contributed by atoms with Crippen LogP contribution in [0, 0.1) is 23.7 Å². The van der Waals surface area contributed by atoms with E-state index in [1.165, 1.54) is 32.1 Å². The van der Waals surface area contributed by atoms with Crippen molar-refractivity contribution in [3.8, 4) is 0 Å². The third-order valence-electron chi connectivity index (χ3n) is 5.51. The molecular weight excluding hydrogens is 252 g/mol. The van der Waals surface area contributed by atoms with E-state index in [1.54, 1.807) is 17.1 Å². The molecule has 3 N–H and O–H groups in total. The first-order valence-corrected chi connectivity index (χ1v) is 7.74. The molecule has 1 aromatic rings. The minimum Gasteiger partial charge on any atom is -0.396 e. The largest absolute Gasteiger partial charge is 0.396 e. The summed E-state index contributed by atoms with van der Waals surface area (Å²) in [6.07, 6.45) is 10.0. The normalized spacial score (nSPS) is 38.1. The van der Waals surface area contributed by atoms with Gasteiger partial charge in [0.05, 0.1) is 11.9 Å². The molecule has 1 aromatic heterocycles. The van der Waals surface area contributed by atoms with Gasteiger partial charge < -0.3 is 11.1 Å². The molecule has 4 aliphatic carbocycles. The molecule has 1 heterocycles. The number of nitrogens with zero attached hydrogens (tertiary/aromatic N) is 2. The molecule has 0 spiro atoms. The Morgan fingerprint density at radius 3 is 2.45 bits per heavy atom. The molecule has 108 valence electrons. The van der Waals surface area contributed by atoms with E-state index in [-0.39, 0.29) is 12.5 Å². The van der Waals surface area contributed by atoms with Gasteiger partial charge in [0.15, 0.2) is 0 Å². The quantitative estimate of drug-likeness (QED) is 0.875. The van der Waals surface area contributed by atoms with Crippen LogP contribution in [0.4, 0.5) is 5.69 Å². The number of hydrogen-bond donors (Lipinski definition) is 2. The van der Waals surface area contributed by atoms with E-state index >= 15 is 0 Å². The van der Waals surface area contributed by atoms with E-state index in [9.17, 15) is 4.79 Å². The zero-order valence-electron chi connectivity index (χ0n) is 11.7. The maximum absolute atomic E-state index is 12.2. The molecule has 20 heavy (non-hydrogen) atoms. The SMILES string of the molecule is Nc1cnn(CC(=O)NC2C3CC4CC(C3)CC2C4)c1. The van der Waals surface area contributed by atoms with E-state index in [2.05, 4.69) is 10.4 Å². The number of nitrogen functional groups attached to an aromatic ring is 1. The lowest BCUT2D eigenvalue weighted by Crippen LogP contribution is -2.56. The highest BCUT2D eigenvalue weighted by molar-refractivity contribution is 5.76. The second-order valence-corrected chi connectivity index (χ2v) is 7.00. The number of rotatable bonds is 3. The number of carbonyl (C=O) groups is 1. The molecule has 5 rings (SSSR count). The summed E-state index contributed by atoms with van der Waals surface area (Å²) < 4.78 is 1.61. The third kappa shape index (κ3) is 2.09. The van der Waals surface area contributed by atoms with E-state index in [0.717, 1.165) is 23.7 Å². The summed E-state index contributed by atoms with van der Waals surface area (Å²) in [7, 11) is 0. The zero-order valence-corrected chi connectivity index (χ0v) is 11.7. The van der Waals surface area contributed by atoms with Crippen LogP contribution in [0.15, 0.2) is 12.4 Å². The number of nitrogens with two attached hydrogens (primary N) is 1. The minimum absolute atomic E-state index is 0.0746. The van der Waals surface area contributed by atoms with Crippen LogP contribution in [0.2, 0.25) is 0 Å². The van der Waals surface area contributed by atoms with Crippen LogP contribution < -0.4 is 11.1 Å². The van der Waals surface area contributed by atoms with Crippen LogP contribution in [0.1, 0.15) is 32.1 Å². The number of anilines is 1. The monoisotopic (exact) mass is 274 g/mol. The number of carbonyl (C=O) groups excluding carboxylic acids is 1. The van der Waals surface area contributed by atoms with Crippen LogP contribution >= 0.6 is 0 Å². The van der Waals surface area contributed by atoms with Crippen molar-refractivity contribution < 1.29 is 4.79 Å². The third-order valence-corrected chi connectivity index (χ3v) is 5.51. The van der Waals surface area contributed by atoms with Gasteiger partial charge >= 0.3 is 0 Å². The molecule has 4 aliphatic rings. The van der Waals surface area contributed by atoms with Gasteiger partial charge in [-0.3, -0.25) is 9.48 Å². The average Bonchev–Trinajstić information content (AvgIpc) is 2.78. The van der Waals surface area contributed by atoms with Crippen LogP contribution in [-0.4, -0.2) is 21.7 Å². The standard InChI is InChI=1S/C15H22N4O/c16-13-6-17-19(7-13)8-14(20)18-15-11-2-9-1-10(4-11)5-12(15)3-9/h6-7,9-12,15H,1-5,8,16H2,(H,18,20). The van der Waals surface area contributed by atoms with Gasteiger partial charge in [-0.2, -0.15) is 5.10 Å². The lowest BCUT2D eigenvalue weighted by Gasteiger charge is -2.54. The van der Waals surface area contributed by atoms with Gasteiger partial charge in [-0.05, 0) is 55.8 Å². The molecule has 4 bridgehead atoms. The summed E-state index contributed by atoms with van der Waals surface area (Å²) in [4.78, 5) is 12.2. The van der Waals surface area contributed by atoms with Gasteiger partial charge in [-0.25, -0.2) is 0 Å². The molecule has 0 aliphatic heterocycles. The van der Waals surface area contributed by atoms with Crippen LogP contribution in [0.5, 0.6) is 0 Å². The van der Waals surface area contributed by atoms with Crippen molar-refractivity contribution >= 4 is 11.6 Å². The second-order valence-electron chi connectivity index (χ2n) is 7.00. The molecule has 1 amide bonds. The fraction of sp³-hybridized carbons (Fsp3) is 0.733. The predicted molar refractivity (Wildman–Crippen MR) is 75.6 cm³/mol. The Morgan fingerprint density at radius 2 is 1.90 bits per heavy atom.